The highest BCUT2D eigenvalue weighted by Crippen LogP contribution is 2.39. The van der Waals surface area contributed by atoms with Crippen molar-refractivity contribution in [2.24, 2.45) is 0 Å². The zero-order valence-corrected chi connectivity index (χ0v) is 24.0. The fourth-order valence-corrected chi connectivity index (χ4v) is 5.31. The highest BCUT2D eigenvalue weighted by molar-refractivity contribution is 6.36. The van der Waals surface area contributed by atoms with Crippen molar-refractivity contribution in [2.45, 2.75) is 0 Å². The van der Waals surface area contributed by atoms with Crippen molar-refractivity contribution in [1.29, 1.82) is 0 Å². The lowest BCUT2D eigenvalue weighted by molar-refractivity contribution is 0.0909. The predicted molar refractivity (Wildman–Crippen MR) is 158 cm³/mol. The van der Waals surface area contributed by atoms with Crippen molar-refractivity contribution in [2.75, 3.05) is 38.2 Å². The van der Waals surface area contributed by atoms with Gasteiger partial charge >= 0.3 is 0 Å². The molecule has 11 nitrogen and oxygen atoms in total. The maximum Gasteiger partial charge on any atom is 0.266 e. The molecule has 0 fully saturated rings. The molecule has 4 amide bonds. The average Bonchev–Trinajstić information content (AvgIpc) is 3.46. The largest absolute Gasteiger partial charge is 0.497 e. The first-order chi connectivity index (χ1) is 21.2. The van der Waals surface area contributed by atoms with Crippen LogP contribution in [-0.4, -0.2) is 57.9 Å². The Hall–Kier alpha value is -5.97. The third kappa shape index (κ3) is 4.25. The molecule has 220 valence electrons. The van der Waals surface area contributed by atoms with Crippen LogP contribution in [0.4, 0.5) is 11.4 Å². The Morgan fingerprint density at radius 1 is 0.477 bits per heavy atom. The van der Waals surface area contributed by atoms with E-state index in [9.17, 15) is 24.0 Å². The van der Waals surface area contributed by atoms with Crippen molar-refractivity contribution in [3.63, 3.8) is 0 Å². The van der Waals surface area contributed by atoms with Gasteiger partial charge in [-0.25, -0.2) is 9.80 Å². The third-order valence-electron chi connectivity index (χ3n) is 7.55. The molecule has 0 bridgehead atoms. The first-order valence-electron chi connectivity index (χ1n) is 13.3. The number of carbonyl (C=O) groups is 5. The molecule has 6 rings (SSSR count). The molecule has 0 N–H and O–H groups in total. The number of benzene rings is 4. The molecule has 0 radical (unpaired) electrons. The van der Waals surface area contributed by atoms with Gasteiger partial charge in [0.25, 0.3) is 23.6 Å². The summed E-state index contributed by atoms with van der Waals surface area (Å²) in [6.45, 7) is 0. The van der Waals surface area contributed by atoms with Crippen LogP contribution in [0.2, 0.25) is 0 Å². The van der Waals surface area contributed by atoms with Crippen molar-refractivity contribution in [1.82, 2.24) is 0 Å². The second kappa shape index (κ2) is 10.7. The van der Waals surface area contributed by atoms with Gasteiger partial charge in [-0.3, -0.25) is 24.0 Å². The van der Waals surface area contributed by atoms with Crippen molar-refractivity contribution >= 4 is 40.8 Å². The molecule has 4 aromatic carbocycles. The zero-order valence-electron chi connectivity index (χ0n) is 24.0. The van der Waals surface area contributed by atoms with Crippen LogP contribution in [0.5, 0.6) is 23.0 Å². The number of carbonyl (C=O) groups excluding carboxylic acids is 5. The number of anilines is 2. The number of ketones is 1. The minimum Gasteiger partial charge on any atom is -0.497 e. The van der Waals surface area contributed by atoms with Crippen LogP contribution in [0.3, 0.4) is 0 Å². The topological polar surface area (TPSA) is 129 Å². The van der Waals surface area contributed by atoms with Crippen LogP contribution in [-0.2, 0) is 0 Å². The van der Waals surface area contributed by atoms with Crippen LogP contribution in [0.15, 0.2) is 72.8 Å². The smallest absolute Gasteiger partial charge is 0.266 e. The van der Waals surface area contributed by atoms with Gasteiger partial charge < -0.3 is 18.9 Å². The summed E-state index contributed by atoms with van der Waals surface area (Å²) in [4.78, 5) is 68.9. The number of methoxy groups -OCH3 is 4. The summed E-state index contributed by atoms with van der Waals surface area (Å²) >= 11 is 0. The normalized spacial score (nSPS) is 13.6. The fraction of sp³-hybridized carbons (Fsp3) is 0.121. The summed E-state index contributed by atoms with van der Waals surface area (Å²) in [5.74, 6) is -1.40. The molecule has 0 aliphatic carbocycles. The molecule has 2 aliphatic heterocycles. The number of rotatable bonds is 8. The van der Waals surface area contributed by atoms with Crippen LogP contribution in [0, 0.1) is 0 Å². The number of nitrogens with zero attached hydrogens (tertiary/aromatic N) is 2. The molecule has 44 heavy (non-hydrogen) atoms. The Morgan fingerprint density at radius 2 is 0.864 bits per heavy atom. The standard InChI is InChI=1S/C33H24N2O9/c1-41-19-7-11-25(27(15-19)43-3)34-30(37)21-9-5-17(13-23(21)32(34)39)29(36)18-6-10-22-24(14-18)33(40)35(31(22)38)26-12-8-20(42-2)16-28(26)44-4/h5-16H,1-4H3. The molecular weight excluding hydrogens is 568 g/mol. The molecule has 4 aromatic rings. The number of ether oxygens (including phenoxy) is 4. The van der Waals surface area contributed by atoms with Gasteiger partial charge in [-0.05, 0) is 48.5 Å². The van der Waals surface area contributed by atoms with E-state index in [1.807, 2.05) is 0 Å². The maximum atomic E-state index is 13.6. The average molecular weight is 593 g/mol. The van der Waals surface area contributed by atoms with E-state index in [0.29, 0.717) is 11.5 Å². The molecule has 11 heteroatoms. The van der Waals surface area contributed by atoms with Gasteiger partial charge in [0.1, 0.15) is 23.0 Å². The molecule has 2 heterocycles. The third-order valence-corrected chi connectivity index (χ3v) is 7.55. The first-order valence-corrected chi connectivity index (χ1v) is 13.3. The molecule has 0 saturated heterocycles. The van der Waals surface area contributed by atoms with Gasteiger partial charge in [0.15, 0.2) is 5.78 Å². The Kier molecular flexibility index (Phi) is 6.85. The summed E-state index contributed by atoms with van der Waals surface area (Å²) in [5.41, 5.74) is 1.05. The first kappa shape index (κ1) is 28.2. The van der Waals surface area contributed by atoms with E-state index in [-0.39, 0.29) is 56.3 Å². The van der Waals surface area contributed by atoms with Gasteiger partial charge in [-0.15, -0.1) is 0 Å². The predicted octanol–water partition coefficient (Wildman–Crippen LogP) is 4.55. The molecule has 0 spiro atoms. The van der Waals surface area contributed by atoms with Gasteiger partial charge in [-0.1, -0.05) is 12.1 Å². The van der Waals surface area contributed by atoms with E-state index in [0.717, 1.165) is 9.80 Å². The second-order valence-corrected chi connectivity index (χ2v) is 9.82. The summed E-state index contributed by atoms with van der Waals surface area (Å²) in [6.07, 6.45) is 0. The molecule has 0 atom stereocenters. The van der Waals surface area contributed by atoms with Crippen LogP contribution >= 0.6 is 0 Å². The Morgan fingerprint density at radius 3 is 1.23 bits per heavy atom. The molecular formula is C33H24N2O9. The summed E-state index contributed by atoms with van der Waals surface area (Å²) in [6, 6.07) is 17.8. The number of hydrogen-bond acceptors (Lipinski definition) is 9. The summed E-state index contributed by atoms with van der Waals surface area (Å²) < 4.78 is 21.2. The van der Waals surface area contributed by atoms with E-state index in [1.54, 1.807) is 36.4 Å². The number of amides is 4. The Balaban J connectivity index is 1.31. The number of hydrogen-bond donors (Lipinski definition) is 0. The van der Waals surface area contributed by atoms with Crippen LogP contribution in [0.1, 0.15) is 57.4 Å². The lowest BCUT2D eigenvalue weighted by atomic mass is 9.96. The van der Waals surface area contributed by atoms with Gasteiger partial charge in [0.2, 0.25) is 0 Å². The second-order valence-electron chi connectivity index (χ2n) is 9.82. The minimum absolute atomic E-state index is 0.0453. The van der Waals surface area contributed by atoms with E-state index >= 15 is 0 Å². The molecule has 0 saturated carbocycles. The van der Waals surface area contributed by atoms with E-state index in [1.165, 1.54) is 64.8 Å². The summed E-state index contributed by atoms with van der Waals surface area (Å²) in [5, 5.41) is 0. The molecule has 0 unspecified atom stereocenters. The lowest BCUT2D eigenvalue weighted by Crippen LogP contribution is -2.29. The lowest BCUT2D eigenvalue weighted by Gasteiger charge is -2.18. The van der Waals surface area contributed by atoms with Gasteiger partial charge in [0.05, 0.1) is 62.1 Å². The summed E-state index contributed by atoms with van der Waals surface area (Å²) in [7, 11) is 5.79. The van der Waals surface area contributed by atoms with E-state index < -0.39 is 29.4 Å². The van der Waals surface area contributed by atoms with Crippen molar-refractivity contribution in [3.8, 4) is 23.0 Å². The van der Waals surface area contributed by atoms with E-state index in [2.05, 4.69) is 0 Å². The highest BCUT2D eigenvalue weighted by Gasteiger charge is 2.40. The van der Waals surface area contributed by atoms with Crippen LogP contribution < -0.4 is 28.7 Å². The van der Waals surface area contributed by atoms with Crippen molar-refractivity contribution in [3.05, 3.63) is 106 Å². The highest BCUT2D eigenvalue weighted by atomic mass is 16.5. The van der Waals surface area contributed by atoms with Gasteiger partial charge in [-0.2, -0.15) is 0 Å². The minimum atomic E-state index is -0.623. The van der Waals surface area contributed by atoms with Gasteiger partial charge in [0, 0.05) is 23.3 Å². The maximum absolute atomic E-state index is 13.6. The monoisotopic (exact) mass is 592 g/mol. The number of imide groups is 2. The number of fused-ring (bicyclic) bond motifs is 2. The Labute approximate surface area is 251 Å². The van der Waals surface area contributed by atoms with Crippen LogP contribution in [0.25, 0.3) is 0 Å². The molecule has 0 aromatic heterocycles. The fourth-order valence-electron chi connectivity index (χ4n) is 5.31. The SMILES string of the molecule is COc1ccc(N2C(=O)c3ccc(C(=O)c4ccc5c(c4)C(=O)N(c4ccc(OC)cc4OC)C5=O)cc3C2=O)c(OC)c1. The molecule has 2 aliphatic rings. The van der Waals surface area contributed by atoms with E-state index in [4.69, 9.17) is 18.9 Å². The zero-order chi connectivity index (χ0) is 31.3. The quantitative estimate of drug-likeness (QED) is 0.214. The Bertz CT molecular complexity index is 1790. The van der Waals surface area contributed by atoms with Crippen molar-refractivity contribution < 1.29 is 42.9 Å².